The van der Waals surface area contributed by atoms with Gasteiger partial charge in [-0.2, -0.15) is 18.3 Å². The van der Waals surface area contributed by atoms with Crippen molar-refractivity contribution in [1.29, 1.82) is 0 Å². The Labute approximate surface area is 147 Å². The van der Waals surface area contributed by atoms with Crippen LogP contribution in [0.1, 0.15) is 44.6 Å². The highest BCUT2D eigenvalue weighted by atomic mass is 19.4. The van der Waals surface area contributed by atoms with E-state index in [0.29, 0.717) is 18.5 Å². The number of aromatic nitrogens is 2. The Bertz CT molecular complexity index is 845. The van der Waals surface area contributed by atoms with Crippen LogP contribution < -0.4 is 5.32 Å². The van der Waals surface area contributed by atoms with Crippen LogP contribution in [-0.4, -0.2) is 40.0 Å². The van der Waals surface area contributed by atoms with Crippen LogP contribution in [0.3, 0.4) is 0 Å². The normalized spacial score (nSPS) is 14.1. The van der Waals surface area contributed by atoms with E-state index in [1.807, 2.05) is 0 Å². The van der Waals surface area contributed by atoms with Gasteiger partial charge in [0.05, 0.1) is 17.7 Å². The lowest BCUT2D eigenvalue weighted by atomic mass is 10.0. The lowest BCUT2D eigenvalue weighted by Gasteiger charge is -2.28. The van der Waals surface area contributed by atoms with E-state index in [1.54, 1.807) is 6.92 Å². The fourth-order valence-electron chi connectivity index (χ4n) is 2.99. The third kappa shape index (κ3) is 3.29. The second-order valence-electron chi connectivity index (χ2n) is 5.91. The summed E-state index contributed by atoms with van der Waals surface area (Å²) in [5.74, 6) is -1.10. The maximum Gasteiger partial charge on any atom is 0.417 e. The molecule has 2 amide bonds. The average Bonchev–Trinajstić information content (AvgIpc) is 3.04. The molecule has 6 nitrogen and oxygen atoms in total. The summed E-state index contributed by atoms with van der Waals surface area (Å²) in [6.45, 7) is 2.46. The molecular weight excluding hydrogens is 349 g/mol. The number of carbonyl (C=O) groups excluding carboxylic acids is 2. The minimum atomic E-state index is -4.62. The molecule has 0 atom stereocenters. The van der Waals surface area contributed by atoms with Gasteiger partial charge in [0.25, 0.3) is 11.8 Å². The molecule has 0 aliphatic carbocycles. The fourth-order valence-corrected chi connectivity index (χ4v) is 2.99. The van der Waals surface area contributed by atoms with Crippen LogP contribution in [0, 0.1) is 0 Å². The van der Waals surface area contributed by atoms with Crippen molar-refractivity contribution in [2.24, 2.45) is 0 Å². The number of alkyl halides is 3. The topological polar surface area (TPSA) is 78.1 Å². The molecule has 0 radical (unpaired) electrons. The van der Waals surface area contributed by atoms with Gasteiger partial charge in [-0.15, -0.1) is 0 Å². The number of amides is 2. The Morgan fingerprint density at radius 2 is 2.04 bits per heavy atom. The van der Waals surface area contributed by atoms with Gasteiger partial charge >= 0.3 is 6.18 Å². The predicted molar refractivity (Wildman–Crippen MR) is 86.5 cm³/mol. The molecule has 0 saturated carbocycles. The van der Waals surface area contributed by atoms with Crippen molar-refractivity contribution in [1.82, 2.24) is 20.4 Å². The van der Waals surface area contributed by atoms with Crippen molar-refractivity contribution in [2.45, 2.75) is 26.1 Å². The number of nitrogens with zero attached hydrogens (tertiary/aromatic N) is 2. The number of carbonyl (C=O) groups is 2. The first-order valence-electron chi connectivity index (χ1n) is 8.12. The van der Waals surface area contributed by atoms with Gasteiger partial charge in [-0.3, -0.25) is 14.7 Å². The first-order valence-corrected chi connectivity index (χ1v) is 8.12. The zero-order valence-electron chi connectivity index (χ0n) is 14.0. The highest BCUT2D eigenvalue weighted by molar-refractivity contribution is 5.97. The molecule has 1 aromatic heterocycles. The number of rotatable bonds is 3. The second kappa shape index (κ2) is 6.81. The molecule has 138 valence electrons. The number of halogens is 3. The molecule has 2 aromatic rings. The predicted octanol–water partition coefficient (Wildman–Crippen LogP) is 2.38. The first-order chi connectivity index (χ1) is 12.3. The van der Waals surface area contributed by atoms with Crippen LogP contribution in [0.2, 0.25) is 0 Å². The SMILES string of the molecule is CCNC(=O)c1n[nH]c2c1CN(C(=O)c1ccccc1C(F)(F)F)CC2. The Kier molecular flexibility index (Phi) is 4.71. The molecule has 0 saturated heterocycles. The van der Waals surface area contributed by atoms with Gasteiger partial charge in [-0.1, -0.05) is 12.1 Å². The van der Waals surface area contributed by atoms with Gasteiger partial charge in [0, 0.05) is 30.8 Å². The van der Waals surface area contributed by atoms with Gasteiger partial charge < -0.3 is 10.2 Å². The molecular formula is C17H17F3N4O2. The van der Waals surface area contributed by atoms with Gasteiger partial charge in [-0.05, 0) is 19.1 Å². The van der Waals surface area contributed by atoms with Crippen LogP contribution in [0.4, 0.5) is 13.2 Å². The molecule has 0 fully saturated rings. The number of benzene rings is 1. The van der Waals surface area contributed by atoms with E-state index in [1.165, 1.54) is 23.1 Å². The number of aromatic amines is 1. The lowest BCUT2D eigenvalue weighted by Crippen LogP contribution is -2.37. The zero-order valence-corrected chi connectivity index (χ0v) is 14.0. The van der Waals surface area contributed by atoms with E-state index in [-0.39, 0.29) is 24.7 Å². The minimum absolute atomic E-state index is 0.0311. The number of hydrogen-bond donors (Lipinski definition) is 2. The summed E-state index contributed by atoms with van der Waals surface area (Å²) in [6, 6.07) is 4.70. The Hall–Kier alpha value is -2.84. The highest BCUT2D eigenvalue weighted by Crippen LogP contribution is 2.33. The van der Waals surface area contributed by atoms with Crippen molar-refractivity contribution < 1.29 is 22.8 Å². The highest BCUT2D eigenvalue weighted by Gasteiger charge is 2.37. The van der Waals surface area contributed by atoms with Crippen LogP contribution in [-0.2, 0) is 19.1 Å². The molecule has 1 aliphatic heterocycles. The van der Waals surface area contributed by atoms with Crippen molar-refractivity contribution in [3.05, 3.63) is 52.3 Å². The van der Waals surface area contributed by atoms with E-state index in [0.717, 1.165) is 11.8 Å². The van der Waals surface area contributed by atoms with E-state index >= 15 is 0 Å². The minimum Gasteiger partial charge on any atom is -0.351 e. The van der Waals surface area contributed by atoms with Crippen molar-refractivity contribution in [3.8, 4) is 0 Å². The smallest absolute Gasteiger partial charge is 0.351 e. The van der Waals surface area contributed by atoms with Crippen molar-refractivity contribution in [3.63, 3.8) is 0 Å². The standard InChI is InChI=1S/C17H17F3N4O2/c1-2-21-15(25)14-11-9-24(8-7-13(11)22-23-14)16(26)10-5-3-4-6-12(10)17(18,19)20/h3-6H,2,7-9H2,1H3,(H,21,25)(H,22,23). The molecule has 2 N–H and O–H groups in total. The monoisotopic (exact) mass is 366 g/mol. The van der Waals surface area contributed by atoms with Crippen LogP contribution in [0.5, 0.6) is 0 Å². The van der Waals surface area contributed by atoms with Gasteiger partial charge in [-0.25, -0.2) is 0 Å². The van der Waals surface area contributed by atoms with E-state index in [9.17, 15) is 22.8 Å². The molecule has 1 aliphatic rings. The molecule has 0 bridgehead atoms. The number of hydrogen-bond acceptors (Lipinski definition) is 3. The third-order valence-corrected chi connectivity index (χ3v) is 4.24. The summed E-state index contributed by atoms with van der Waals surface area (Å²) in [4.78, 5) is 26.1. The van der Waals surface area contributed by atoms with E-state index in [4.69, 9.17) is 0 Å². The number of H-pyrrole nitrogens is 1. The molecule has 3 rings (SSSR count). The summed E-state index contributed by atoms with van der Waals surface area (Å²) in [5.41, 5.74) is 0.0707. The van der Waals surface area contributed by atoms with Crippen LogP contribution >= 0.6 is 0 Å². The van der Waals surface area contributed by atoms with Crippen LogP contribution in [0.15, 0.2) is 24.3 Å². The summed E-state index contributed by atoms with van der Waals surface area (Å²) < 4.78 is 39.5. The quantitative estimate of drug-likeness (QED) is 0.876. The largest absolute Gasteiger partial charge is 0.417 e. The second-order valence-corrected chi connectivity index (χ2v) is 5.91. The third-order valence-electron chi connectivity index (χ3n) is 4.24. The van der Waals surface area contributed by atoms with E-state index < -0.39 is 23.2 Å². The summed E-state index contributed by atoms with van der Waals surface area (Å²) in [7, 11) is 0. The van der Waals surface area contributed by atoms with E-state index in [2.05, 4.69) is 15.5 Å². The van der Waals surface area contributed by atoms with Gasteiger partial charge in [0.1, 0.15) is 0 Å². The zero-order chi connectivity index (χ0) is 18.9. The van der Waals surface area contributed by atoms with Gasteiger partial charge in [0.2, 0.25) is 0 Å². The lowest BCUT2D eigenvalue weighted by molar-refractivity contribution is -0.138. The Morgan fingerprint density at radius 1 is 1.31 bits per heavy atom. The Morgan fingerprint density at radius 3 is 2.73 bits per heavy atom. The van der Waals surface area contributed by atoms with Crippen molar-refractivity contribution in [2.75, 3.05) is 13.1 Å². The summed E-state index contributed by atoms with van der Waals surface area (Å²) in [5, 5.41) is 9.39. The first kappa shape index (κ1) is 18.0. The molecule has 0 unspecified atom stereocenters. The Balaban J connectivity index is 1.89. The maximum absolute atomic E-state index is 13.2. The molecule has 2 heterocycles. The van der Waals surface area contributed by atoms with Gasteiger partial charge in [0.15, 0.2) is 5.69 Å². The summed E-state index contributed by atoms with van der Waals surface area (Å²) >= 11 is 0. The molecule has 1 aromatic carbocycles. The average molecular weight is 366 g/mol. The summed E-state index contributed by atoms with van der Waals surface area (Å²) in [6.07, 6.45) is -4.23. The van der Waals surface area contributed by atoms with Crippen LogP contribution in [0.25, 0.3) is 0 Å². The molecule has 0 spiro atoms. The molecule has 9 heteroatoms. The number of fused-ring (bicyclic) bond motifs is 1. The fraction of sp³-hybridized carbons (Fsp3) is 0.353. The molecule has 26 heavy (non-hydrogen) atoms. The maximum atomic E-state index is 13.2. The number of nitrogens with one attached hydrogen (secondary N) is 2. The van der Waals surface area contributed by atoms with Crippen molar-refractivity contribution >= 4 is 11.8 Å².